The van der Waals surface area contributed by atoms with Gasteiger partial charge in [-0.15, -0.1) is 0 Å². The van der Waals surface area contributed by atoms with E-state index in [1.807, 2.05) is 4.90 Å². The Kier molecular flexibility index (Phi) is 3.22. The monoisotopic (exact) mass is 269 g/mol. The predicted octanol–water partition coefficient (Wildman–Crippen LogP) is -1.78. The van der Waals surface area contributed by atoms with Crippen LogP contribution >= 0.6 is 0 Å². The van der Waals surface area contributed by atoms with Crippen LogP contribution in [0, 0.1) is 11.8 Å². The van der Waals surface area contributed by atoms with Crippen molar-refractivity contribution in [3.05, 3.63) is 0 Å². The van der Waals surface area contributed by atoms with Gasteiger partial charge in [-0.1, -0.05) is 0 Å². The van der Waals surface area contributed by atoms with E-state index in [0.29, 0.717) is 0 Å². The summed E-state index contributed by atoms with van der Waals surface area (Å²) in [6, 6.07) is 0. The maximum Gasteiger partial charge on any atom is 0.310 e. The van der Waals surface area contributed by atoms with Crippen molar-refractivity contribution >= 4 is 11.9 Å². The minimum Gasteiger partial charge on any atom is -0.481 e. The second-order valence-electron chi connectivity index (χ2n) is 5.96. The van der Waals surface area contributed by atoms with Crippen LogP contribution in [0.3, 0.4) is 0 Å². The van der Waals surface area contributed by atoms with E-state index in [9.17, 15) is 14.7 Å². The fraction of sp³-hybridized carbons (Fsp3) is 0.846. The number of carboxylic acids is 1. The summed E-state index contributed by atoms with van der Waals surface area (Å²) in [5, 5.41) is 9.34. The molecule has 3 aliphatic heterocycles. The highest BCUT2D eigenvalue weighted by Crippen LogP contribution is 2.44. The van der Waals surface area contributed by atoms with Gasteiger partial charge in [0, 0.05) is 0 Å². The van der Waals surface area contributed by atoms with Crippen molar-refractivity contribution < 1.29 is 24.3 Å². The maximum absolute atomic E-state index is 12.6. The number of ether oxygens (including phenoxy) is 1. The summed E-state index contributed by atoms with van der Waals surface area (Å²) in [7, 11) is 2.11. The van der Waals surface area contributed by atoms with Crippen LogP contribution in [-0.4, -0.2) is 67.3 Å². The highest BCUT2D eigenvalue weighted by Gasteiger charge is 2.56. The number of nitrogens with zero attached hydrogens (tertiary/aromatic N) is 1. The molecule has 4 atom stereocenters. The first-order valence-electron chi connectivity index (χ1n) is 7.06. The van der Waals surface area contributed by atoms with Crippen LogP contribution in [0.15, 0.2) is 0 Å². The highest BCUT2D eigenvalue weighted by molar-refractivity contribution is 5.86. The number of quaternary nitrogens is 1. The third-order valence-electron chi connectivity index (χ3n) is 4.77. The van der Waals surface area contributed by atoms with E-state index in [-0.39, 0.29) is 18.1 Å². The molecule has 0 aliphatic carbocycles. The third-order valence-corrected chi connectivity index (χ3v) is 4.77. The third kappa shape index (κ3) is 2.12. The molecule has 19 heavy (non-hydrogen) atoms. The Balaban J connectivity index is 1.73. The second-order valence-corrected chi connectivity index (χ2v) is 5.96. The van der Waals surface area contributed by atoms with Gasteiger partial charge in [0.25, 0.3) is 0 Å². The first-order valence-corrected chi connectivity index (χ1v) is 7.06. The van der Waals surface area contributed by atoms with Crippen LogP contribution in [0.2, 0.25) is 0 Å². The van der Waals surface area contributed by atoms with Gasteiger partial charge in [0.1, 0.15) is 0 Å². The Morgan fingerprint density at radius 1 is 1.16 bits per heavy atom. The Morgan fingerprint density at radius 3 is 2.32 bits per heavy atom. The summed E-state index contributed by atoms with van der Waals surface area (Å²) in [6.45, 7) is 3.33. The van der Waals surface area contributed by atoms with Crippen molar-refractivity contribution in [2.45, 2.75) is 25.0 Å². The first-order chi connectivity index (χ1) is 9.08. The van der Waals surface area contributed by atoms with Crippen molar-refractivity contribution in [2.75, 3.05) is 33.2 Å². The molecule has 3 fully saturated rings. The number of piperazine rings is 1. The minimum absolute atomic E-state index is 0.00731. The van der Waals surface area contributed by atoms with Gasteiger partial charge < -0.3 is 19.6 Å². The molecule has 2 unspecified atom stereocenters. The summed E-state index contributed by atoms with van der Waals surface area (Å²) in [5.74, 6) is -2.00. The largest absolute Gasteiger partial charge is 0.481 e. The van der Waals surface area contributed by atoms with E-state index in [2.05, 4.69) is 7.05 Å². The van der Waals surface area contributed by atoms with Crippen molar-refractivity contribution in [1.29, 1.82) is 0 Å². The van der Waals surface area contributed by atoms with E-state index in [4.69, 9.17) is 4.74 Å². The van der Waals surface area contributed by atoms with Gasteiger partial charge in [0.2, 0.25) is 5.91 Å². The molecule has 0 radical (unpaired) electrons. The highest BCUT2D eigenvalue weighted by atomic mass is 16.5. The Morgan fingerprint density at radius 2 is 1.74 bits per heavy atom. The van der Waals surface area contributed by atoms with Crippen LogP contribution < -0.4 is 4.90 Å². The van der Waals surface area contributed by atoms with Gasteiger partial charge >= 0.3 is 5.97 Å². The topological polar surface area (TPSA) is 71.3 Å². The molecule has 0 aromatic carbocycles. The number of carbonyl (C=O) groups excluding carboxylic acids is 1. The lowest BCUT2D eigenvalue weighted by Crippen LogP contribution is -3.12. The lowest BCUT2D eigenvalue weighted by atomic mass is 9.78. The molecular weight excluding hydrogens is 248 g/mol. The molecule has 0 spiro atoms. The average Bonchev–Trinajstić information content (AvgIpc) is 2.98. The number of hydrogen-bond donors (Lipinski definition) is 2. The Hall–Kier alpha value is -1.14. The van der Waals surface area contributed by atoms with Gasteiger partial charge in [-0.05, 0) is 12.8 Å². The molecule has 0 saturated carbocycles. The van der Waals surface area contributed by atoms with Gasteiger partial charge in [-0.25, -0.2) is 0 Å². The molecule has 3 rings (SSSR count). The molecule has 0 aromatic heterocycles. The van der Waals surface area contributed by atoms with Gasteiger partial charge in [-0.3, -0.25) is 9.59 Å². The van der Waals surface area contributed by atoms with Crippen LogP contribution in [0.25, 0.3) is 0 Å². The number of aliphatic carboxylic acids is 1. The minimum atomic E-state index is -0.884. The van der Waals surface area contributed by atoms with Gasteiger partial charge in [0.05, 0.1) is 57.3 Å². The fourth-order valence-corrected chi connectivity index (χ4v) is 3.62. The van der Waals surface area contributed by atoms with Crippen molar-refractivity contribution in [1.82, 2.24) is 4.90 Å². The number of hydrogen-bond acceptors (Lipinski definition) is 3. The number of likely N-dealkylation sites (N-methyl/N-ethyl adjacent to an activating group) is 1. The van der Waals surface area contributed by atoms with E-state index in [1.165, 1.54) is 4.90 Å². The quantitative estimate of drug-likeness (QED) is 0.622. The molecule has 3 aliphatic rings. The smallest absolute Gasteiger partial charge is 0.310 e. The van der Waals surface area contributed by atoms with Gasteiger partial charge in [0.15, 0.2) is 0 Å². The molecule has 6 nitrogen and oxygen atoms in total. The maximum atomic E-state index is 12.6. The first kappa shape index (κ1) is 12.9. The summed E-state index contributed by atoms with van der Waals surface area (Å²) in [5.41, 5.74) is 0. The Labute approximate surface area is 112 Å². The molecular formula is C13H21N2O4+. The van der Waals surface area contributed by atoms with Crippen LogP contribution in [0.1, 0.15) is 12.8 Å². The fourth-order valence-electron chi connectivity index (χ4n) is 3.62. The zero-order valence-corrected chi connectivity index (χ0v) is 11.2. The zero-order valence-electron chi connectivity index (χ0n) is 11.2. The lowest BCUT2D eigenvalue weighted by molar-refractivity contribution is -0.883. The van der Waals surface area contributed by atoms with Crippen LogP contribution in [0.4, 0.5) is 0 Å². The standard InChI is InChI=1S/C13H20N2O4/c1-14-4-6-15(7-5-14)12(16)10-8-2-3-9(19-8)11(10)13(17)18/h8-11H,2-7H2,1H3,(H,17,18)/p+1/t8-,9+,10?,11?/m0/s1. The number of amides is 1. The summed E-state index contributed by atoms with van der Waals surface area (Å²) < 4.78 is 5.66. The Bertz CT molecular complexity index is 392. The number of carboxylic acid groups (broad SMARTS) is 1. The van der Waals surface area contributed by atoms with E-state index in [0.717, 1.165) is 39.0 Å². The number of nitrogens with one attached hydrogen (secondary N) is 1. The number of fused-ring (bicyclic) bond motifs is 2. The second kappa shape index (κ2) is 4.76. The lowest BCUT2D eigenvalue weighted by Gasteiger charge is -2.34. The zero-order chi connectivity index (χ0) is 13.6. The van der Waals surface area contributed by atoms with Crippen LogP contribution in [-0.2, 0) is 14.3 Å². The van der Waals surface area contributed by atoms with Crippen molar-refractivity contribution in [2.24, 2.45) is 11.8 Å². The SMILES string of the molecule is C[NH+]1CCN(C(=O)C2C(C(=O)O)[C@H]3CC[C@@H]2O3)CC1. The molecule has 1 amide bonds. The van der Waals surface area contributed by atoms with E-state index in [1.54, 1.807) is 0 Å². The molecule has 3 saturated heterocycles. The molecule has 106 valence electrons. The summed E-state index contributed by atoms with van der Waals surface area (Å²) in [6.07, 6.45) is 1.17. The normalized spacial score (nSPS) is 38.7. The molecule has 2 N–H and O–H groups in total. The average molecular weight is 269 g/mol. The summed E-state index contributed by atoms with van der Waals surface area (Å²) in [4.78, 5) is 27.2. The van der Waals surface area contributed by atoms with Crippen molar-refractivity contribution in [3.8, 4) is 0 Å². The van der Waals surface area contributed by atoms with Crippen molar-refractivity contribution in [3.63, 3.8) is 0 Å². The summed E-state index contributed by atoms with van der Waals surface area (Å²) >= 11 is 0. The number of rotatable bonds is 2. The molecule has 6 heteroatoms. The number of carbonyl (C=O) groups is 2. The van der Waals surface area contributed by atoms with E-state index >= 15 is 0 Å². The molecule has 2 bridgehead atoms. The van der Waals surface area contributed by atoms with E-state index < -0.39 is 17.8 Å². The van der Waals surface area contributed by atoms with Gasteiger partial charge in [-0.2, -0.15) is 0 Å². The molecule has 3 heterocycles. The predicted molar refractivity (Wildman–Crippen MR) is 65.7 cm³/mol. The molecule has 0 aromatic rings. The van der Waals surface area contributed by atoms with Crippen LogP contribution in [0.5, 0.6) is 0 Å².